The van der Waals surface area contributed by atoms with Gasteiger partial charge in [0, 0.05) is 79.1 Å². The number of imidazole rings is 1. The number of benzene rings is 2. The van der Waals surface area contributed by atoms with Gasteiger partial charge in [0.1, 0.15) is 11.3 Å². The second-order valence-corrected chi connectivity index (χ2v) is 14.4. The Morgan fingerprint density at radius 3 is 2.41 bits per heavy atom. The van der Waals surface area contributed by atoms with E-state index in [2.05, 4.69) is 33.8 Å². The molecular formula is C37H35FN6O2. The van der Waals surface area contributed by atoms with Crippen LogP contribution < -0.4 is 0 Å². The lowest BCUT2D eigenvalue weighted by molar-refractivity contribution is -0.0204. The summed E-state index contributed by atoms with van der Waals surface area (Å²) >= 11 is 0. The standard InChI is InChI=1S/C37H35FN6O2/c38-28-12-26(37(46)43-20-27-11-25-15-31(43)33(25)27)13-29-34(28)44(19-22-16-41(17-22)36(45)23-7-9-39-10-8-23)35(40-29)32-14-24-3-1-2-4-30(24)42(32)18-21-5-6-21/h1-4,7-10,12-14,21-22,25,27,31,33H,5-6,11,15-20H2/t25?,27?,31?,33-/m1/s1. The van der Waals surface area contributed by atoms with E-state index in [-0.39, 0.29) is 17.7 Å². The Labute approximate surface area is 265 Å². The number of pyridine rings is 1. The molecule has 0 bridgehead atoms. The minimum Gasteiger partial charge on any atom is -0.338 e. The van der Waals surface area contributed by atoms with Crippen LogP contribution in [-0.4, -0.2) is 66.4 Å². The summed E-state index contributed by atoms with van der Waals surface area (Å²) in [5.74, 6) is 3.07. The van der Waals surface area contributed by atoms with Gasteiger partial charge in [-0.2, -0.15) is 0 Å². The van der Waals surface area contributed by atoms with Gasteiger partial charge in [-0.05, 0) is 85.8 Å². The van der Waals surface area contributed by atoms with E-state index in [1.165, 1.54) is 25.3 Å². The summed E-state index contributed by atoms with van der Waals surface area (Å²) < 4.78 is 20.7. The van der Waals surface area contributed by atoms with E-state index in [1.807, 2.05) is 26.5 Å². The lowest BCUT2D eigenvalue weighted by atomic mass is 9.53. The topological polar surface area (TPSA) is 76.3 Å². The molecule has 10 rings (SSSR count). The van der Waals surface area contributed by atoms with Crippen molar-refractivity contribution < 1.29 is 14.0 Å². The Bertz CT molecular complexity index is 2060. The van der Waals surface area contributed by atoms with Gasteiger partial charge in [-0.25, -0.2) is 9.37 Å². The second kappa shape index (κ2) is 9.74. The quantitative estimate of drug-likeness (QED) is 0.230. The van der Waals surface area contributed by atoms with Crippen LogP contribution in [0.15, 0.2) is 67.0 Å². The van der Waals surface area contributed by atoms with Crippen LogP contribution in [0.4, 0.5) is 4.39 Å². The van der Waals surface area contributed by atoms with Crippen molar-refractivity contribution in [1.29, 1.82) is 0 Å². The van der Waals surface area contributed by atoms with Gasteiger partial charge in [-0.3, -0.25) is 14.6 Å². The molecule has 9 heteroatoms. The summed E-state index contributed by atoms with van der Waals surface area (Å²) in [6, 6.07) is 17.6. The number of likely N-dealkylation sites (tertiary alicyclic amines) is 2. The number of amides is 2. The maximum absolute atomic E-state index is 16.4. The van der Waals surface area contributed by atoms with E-state index in [4.69, 9.17) is 4.98 Å². The summed E-state index contributed by atoms with van der Waals surface area (Å²) in [5.41, 5.74) is 4.08. The van der Waals surface area contributed by atoms with Gasteiger partial charge >= 0.3 is 0 Å². The molecule has 3 aliphatic carbocycles. The zero-order valence-electron chi connectivity index (χ0n) is 25.6. The van der Waals surface area contributed by atoms with Crippen LogP contribution in [-0.2, 0) is 13.1 Å². The molecule has 3 aromatic heterocycles. The van der Waals surface area contributed by atoms with E-state index in [0.717, 1.165) is 47.8 Å². The van der Waals surface area contributed by atoms with Crippen LogP contribution >= 0.6 is 0 Å². The first kappa shape index (κ1) is 26.7. The maximum Gasteiger partial charge on any atom is 0.254 e. The molecule has 5 aromatic rings. The molecule has 2 aromatic carbocycles. The first-order valence-electron chi connectivity index (χ1n) is 16.8. The lowest BCUT2D eigenvalue weighted by Gasteiger charge is -2.52. The zero-order chi connectivity index (χ0) is 30.7. The molecule has 0 spiro atoms. The van der Waals surface area contributed by atoms with Crippen molar-refractivity contribution in [3.63, 3.8) is 0 Å². The highest BCUT2D eigenvalue weighted by Crippen LogP contribution is 2.60. The first-order chi connectivity index (χ1) is 22.5. The fourth-order valence-electron chi connectivity index (χ4n) is 9.02. The SMILES string of the molecule is O=C(c1ccncc1)N1CC(Cn2c(-c3cc4ccccc4n3CC3CC3)nc3cc(C(=O)N4CC5CC6CC4[C@H]65)cc(F)c32)C1. The van der Waals surface area contributed by atoms with Gasteiger partial charge in [0.2, 0.25) is 0 Å². The minimum absolute atomic E-state index is 0.0126. The smallest absolute Gasteiger partial charge is 0.254 e. The molecule has 232 valence electrons. The largest absolute Gasteiger partial charge is 0.338 e. The third-order valence-electron chi connectivity index (χ3n) is 11.6. The second-order valence-electron chi connectivity index (χ2n) is 14.4. The van der Waals surface area contributed by atoms with Crippen molar-refractivity contribution in [2.75, 3.05) is 19.6 Å². The summed E-state index contributed by atoms with van der Waals surface area (Å²) in [5, 5.41) is 1.13. The maximum atomic E-state index is 16.4. The number of halogens is 1. The van der Waals surface area contributed by atoms with E-state index < -0.39 is 5.82 Å². The van der Waals surface area contributed by atoms with Crippen LogP contribution in [0.2, 0.25) is 0 Å². The number of aromatic nitrogens is 4. The van der Waals surface area contributed by atoms with Crippen molar-refractivity contribution in [3.05, 3.63) is 83.9 Å². The Morgan fingerprint density at radius 1 is 0.826 bits per heavy atom. The summed E-state index contributed by atoms with van der Waals surface area (Å²) in [6.45, 7) is 3.39. The van der Waals surface area contributed by atoms with Gasteiger partial charge in [-0.15, -0.1) is 0 Å². The number of para-hydroxylation sites is 1. The average molecular weight is 615 g/mol. The molecule has 5 heterocycles. The fourth-order valence-corrected chi connectivity index (χ4v) is 9.02. The Morgan fingerprint density at radius 2 is 1.63 bits per heavy atom. The van der Waals surface area contributed by atoms with E-state index >= 15 is 4.39 Å². The summed E-state index contributed by atoms with van der Waals surface area (Å²) in [7, 11) is 0. The number of rotatable bonds is 7. The molecule has 0 N–H and O–H groups in total. The highest BCUT2D eigenvalue weighted by molar-refractivity contribution is 5.99. The van der Waals surface area contributed by atoms with Crippen molar-refractivity contribution in [2.45, 2.75) is 44.8 Å². The van der Waals surface area contributed by atoms with Crippen LogP contribution in [0, 0.1) is 35.4 Å². The van der Waals surface area contributed by atoms with E-state index in [0.29, 0.717) is 65.6 Å². The average Bonchev–Trinajstić information content (AvgIpc) is 3.68. The third kappa shape index (κ3) is 3.96. The molecule has 3 saturated carbocycles. The van der Waals surface area contributed by atoms with Gasteiger partial charge in [0.15, 0.2) is 5.82 Å². The number of carbonyl (C=O) groups excluding carboxylic acids is 2. The monoisotopic (exact) mass is 614 g/mol. The molecule has 5 aliphatic rings. The van der Waals surface area contributed by atoms with Gasteiger partial charge < -0.3 is 18.9 Å². The number of fused-ring (bicyclic) bond motifs is 2. The fraction of sp³-hybridized carbons (Fsp3) is 0.405. The van der Waals surface area contributed by atoms with Crippen LogP contribution in [0.1, 0.15) is 46.4 Å². The highest BCUT2D eigenvalue weighted by atomic mass is 19.1. The molecule has 2 aliphatic heterocycles. The van der Waals surface area contributed by atoms with Gasteiger partial charge in [0.05, 0.1) is 11.2 Å². The molecule has 2 saturated heterocycles. The van der Waals surface area contributed by atoms with Crippen molar-refractivity contribution in [2.24, 2.45) is 29.6 Å². The molecule has 4 atom stereocenters. The van der Waals surface area contributed by atoms with Gasteiger partial charge in [-0.1, -0.05) is 18.2 Å². The molecule has 5 fully saturated rings. The van der Waals surface area contributed by atoms with Crippen molar-refractivity contribution in [3.8, 4) is 11.5 Å². The normalized spacial score (nSPS) is 25.0. The summed E-state index contributed by atoms with van der Waals surface area (Å²) in [4.78, 5) is 39.8. The molecule has 0 radical (unpaired) electrons. The zero-order valence-corrected chi connectivity index (χ0v) is 25.6. The first-order valence-corrected chi connectivity index (χ1v) is 16.8. The van der Waals surface area contributed by atoms with Crippen LogP contribution in [0.5, 0.6) is 0 Å². The molecule has 46 heavy (non-hydrogen) atoms. The van der Waals surface area contributed by atoms with Crippen LogP contribution in [0.25, 0.3) is 33.5 Å². The predicted octanol–water partition coefficient (Wildman–Crippen LogP) is 5.85. The summed E-state index contributed by atoms with van der Waals surface area (Å²) in [6.07, 6.45) is 8.01. The third-order valence-corrected chi connectivity index (χ3v) is 11.6. The Balaban J connectivity index is 1.04. The highest BCUT2D eigenvalue weighted by Gasteiger charge is 2.61. The Kier molecular flexibility index (Phi) is 5.64. The molecule has 8 nitrogen and oxygen atoms in total. The minimum atomic E-state index is -0.415. The molecule has 3 unspecified atom stereocenters. The van der Waals surface area contributed by atoms with Crippen LogP contribution in [0.3, 0.4) is 0 Å². The van der Waals surface area contributed by atoms with E-state index in [9.17, 15) is 9.59 Å². The lowest BCUT2D eigenvalue weighted by Crippen LogP contribution is -2.53. The predicted molar refractivity (Wildman–Crippen MR) is 172 cm³/mol. The number of nitrogens with zero attached hydrogens (tertiary/aromatic N) is 6. The van der Waals surface area contributed by atoms with Crippen molar-refractivity contribution >= 4 is 33.8 Å². The van der Waals surface area contributed by atoms with Gasteiger partial charge in [0.25, 0.3) is 11.8 Å². The number of carbonyl (C=O) groups is 2. The Hall–Kier alpha value is -4.53. The van der Waals surface area contributed by atoms with Crippen molar-refractivity contribution in [1.82, 2.24) is 28.9 Å². The molecular weight excluding hydrogens is 579 g/mol. The molecule has 2 amide bonds. The number of hydrogen-bond acceptors (Lipinski definition) is 4. The number of hydrogen-bond donors (Lipinski definition) is 0. The van der Waals surface area contributed by atoms with E-state index in [1.54, 1.807) is 24.5 Å².